The van der Waals surface area contributed by atoms with E-state index in [9.17, 15) is 24.3 Å². The lowest BCUT2D eigenvalue weighted by molar-refractivity contribution is -0.310. The number of esters is 4. The van der Waals surface area contributed by atoms with Gasteiger partial charge in [-0.2, -0.15) is 0 Å². The molecular weight excluding hydrogens is 556 g/mol. The van der Waals surface area contributed by atoms with Gasteiger partial charge in [-0.1, -0.05) is 91.0 Å². The zero-order valence-electron chi connectivity index (χ0n) is 24.2. The van der Waals surface area contributed by atoms with E-state index in [1.54, 1.807) is 0 Å². The van der Waals surface area contributed by atoms with E-state index in [1.165, 1.54) is 0 Å². The predicted octanol–water partition coefficient (Wildman–Crippen LogP) is 3.47. The van der Waals surface area contributed by atoms with Gasteiger partial charge in [-0.25, -0.2) is 0 Å². The number of carbonyl (C=O) groups excluding carboxylic acids is 4. The van der Waals surface area contributed by atoms with Crippen LogP contribution in [0.4, 0.5) is 0 Å². The number of rotatable bonds is 9. The van der Waals surface area contributed by atoms with Crippen molar-refractivity contribution in [3.05, 3.63) is 108 Å². The minimum Gasteiger partial charge on any atom is -0.456 e. The Kier molecular flexibility index (Phi) is 9.95. The summed E-state index contributed by atoms with van der Waals surface area (Å²) in [5.74, 6) is -3.16. The first kappa shape index (κ1) is 31.4. The van der Waals surface area contributed by atoms with Crippen LogP contribution < -0.4 is 0 Å². The van der Waals surface area contributed by atoms with Crippen LogP contribution in [0.5, 0.6) is 0 Å². The van der Waals surface area contributed by atoms with Gasteiger partial charge in [0.1, 0.15) is 12.2 Å². The molecule has 3 aromatic carbocycles. The van der Waals surface area contributed by atoms with Gasteiger partial charge in [-0.3, -0.25) is 19.2 Å². The Morgan fingerprint density at radius 2 is 0.930 bits per heavy atom. The van der Waals surface area contributed by atoms with E-state index >= 15 is 0 Å². The fraction of sp³-hybridized carbons (Fsp3) is 0.333. The van der Waals surface area contributed by atoms with Crippen molar-refractivity contribution in [1.29, 1.82) is 0 Å². The number of hydrogen-bond acceptors (Lipinski definition) is 10. The van der Waals surface area contributed by atoms with E-state index in [0.717, 1.165) is 27.7 Å². The van der Waals surface area contributed by atoms with Gasteiger partial charge >= 0.3 is 23.9 Å². The highest BCUT2D eigenvalue weighted by Crippen LogP contribution is 2.46. The topological polar surface area (TPSA) is 135 Å². The Balaban J connectivity index is 2.01. The van der Waals surface area contributed by atoms with E-state index in [4.69, 9.17) is 23.7 Å². The fourth-order valence-electron chi connectivity index (χ4n) is 5.68. The molecule has 1 aliphatic rings. The zero-order valence-corrected chi connectivity index (χ0v) is 24.2. The minimum atomic E-state index is -1.63. The van der Waals surface area contributed by atoms with Gasteiger partial charge in [0.05, 0.1) is 5.41 Å². The molecule has 10 heteroatoms. The second-order valence-corrected chi connectivity index (χ2v) is 10.2. The van der Waals surface area contributed by atoms with E-state index in [2.05, 4.69) is 0 Å². The summed E-state index contributed by atoms with van der Waals surface area (Å²) in [5.41, 5.74) is 0.642. The highest BCUT2D eigenvalue weighted by Gasteiger charge is 2.59. The van der Waals surface area contributed by atoms with Crippen molar-refractivity contribution in [1.82, 2.24) is 0 Å². The van der Waals surface area contributed by atoms with Crippen molar-refractivity contribution < 1.29 is 48.0 Å². The summed E-state index contributed by atoms with van der Waals surface area (Å²) in [7, 11) is 0. The molecule has 1 fully saturated rings. The molecule has 3 aromatic rings. The summed E-state index contributed by atoms with van der Waals surface area (Å²) in [6.07, 6.45) is -9.20. The van der Waals surface area contributed by atoms with Gasteiger partial charge in [0, 0.05) is 27.7 Å². The van der Waals surface area contributed by atoms with Crippen molar-refractivity contribution in [3.63, 3.8) is 0 Å². The largest absolute Gasteiger partial charge is 0.456 e. The van der Waals surface area contributed by atoms with Crippen LogP contribution in [0.25, 0.3) is 0 Å². The smallest absolute Gasteiger partial charge is 0.305 e. The average molecular weight is 591 g/mol. The molecule has 0 radical (unpaired) electrons. The van der Waals surface area contributed by atoms with Gasteiger partial charge < -0.3 is 28.8 Å². The molecular formula is C33H34O10. The Morgan fingerprint density at radius 1 is 0.581 bits per heavy atom. The maximum atomic E-state index is 12.7. The van der Waals surface area contributed by atoms with Gasteiger partial charge in [0.2, 0.25) is 12.4 Å². The molecule has 1 heterocycles. The van der Waals surface area contributed by atoms with Crippen LogP contribution in [-0.4, -0.2) is 65.8 Å². The molecule has 0 aliphatic carbocycles. The van der Waals surface area contributed by atoms with E-state index in [1.807, 2.05) is 91.0 Å². The first-order valence-electron chi connectivity index (χ1n) is 13.7. The molecule has 0 aromatic heterocycles. The van der Waals surface area contributed by atoms with Crippen LogP contribution in [0, 0.1) is 0 Å². The van der Waals surface area contributed by atoms with Crippen LogP contribution in [0.15, 0.2) is 91.0 Å². The van der Waals surface area contributed by atoms with Crippen molar-refractivity contribution in [3.8, 4) is 0 Å². The van der Waals surface area contributed by atoms with Gasteiger partial charge in [0.15, 0.2) is 12.2 Å². The molecule has 43 heavy (non-hydrogen) atoms. The zero-order chi connectivity index (χ0) is 31.1. The minimum absolute atomic E-state index is 0.667. The summed E-state index contributed by atoms with van der Waals surface area (Å²) in [5, 5.41) is 12.7. The highest BCUT2D eigenvalue weighted by molar-refractivity contribution is 5.69. The van der Waals surface area contributed by atoms with Gasteiger partial charge in [-0.05, 0) is 16.7 Å². The maximum absolute atomic E-state index is 12.7. The van der Waals surface area contributed by atoms with Crippen molar-refractivity contribution in [2.75, 3.05) is 0 Å². The molecule has 0 amide bonds. The number of aliphatic hydroxyl groups excluding tert-OH is 1. The molecule has 0 saturated carbocycles. The number of benzene rings is 3. The first-order valence-corrected chi connectivity index (χ1v) is 13.7. The molecule has 1 aliphatic heterocycles. The number of ether oxygens (including phenoxy) is 5. The predicted molar refractivity (Wildman–Crippen MR) is 152 cm³/mol. The maximum Gasteiger partial charge on any atom is 0.305 e. The lowest BCUT2D eigenvalue weighted by Crippen LogP contribution is -2.67. The normalized spacial score (nSPS) is 22.5. The van der Waals surface area contributed by atoms with Crippen molar-refractivity contribution >= 4 is 23.9 Å². The Morgan fingerprint density at radius 3 is 1.30 bits per heavy atom. The molecule has 4 rings (SSSR count). The van der Waals surface area contributed by atoms with Crippen molar-refractivity contribution in [2.24, 2.45) is 0 Å². The Labute approximate surface area is 249 Å². The number of hydrogen-bond donors (Lipinski definition) is 1. The second-order valence-electron chi connectivity index (χ2n) is 10.2. The Bertz CT molecular complexity index is 1310. The van der Waals surface area contributed by atoms with Crippen LogP contribution in [-0.2, 0) is 48.3 Å². The third-order valence-electron chi connectivity index (χ3n) is 7.16. The molecule has 6 atom stereocenters. The molecule has 226 valence electrons. The second kappa shape index (κ2) is 13.6. The summed E-state index contributed by atoms with van der Waals surface area (Å²) >= 11 is 0. The van der Waals surface area contributed by atoms with E-state index < -0.39 is 66.1 Å². The van der Waals surface area contributed by atoms with Crippen LogP contribution in [0.1, 0.15) is 44.4 Å². The molecule has 0 spiro atoms. The standard InChI is InChI=1S/C33H34O10/c1-20(34)39-27-28(40-21(2)35)30(41-22(3)36)32(42-23(4)37)43-29(27)31(38)33(24-14-8-5-9-15-24,25-16-10-6-11-17-25)26-18-12-7-13-19-26/h5-19,27-32,38H,1-4H3. The summed E-state index contributed by atoms with van der Waals surface area (Å²) < 4.78 is 28.3. The van der Waals surface area contributed by atoms with E-state index in [-0.39, 0.29) is 0 Å². The summed E-state index contributed by atoms with van der Waals surface area (Å²) in [6, 6.07) is 27.6. The van der Waals surface area contributed by atoms with Gasteiger partial charge in [0.25, 0.3) is 0 Å². The average Bonchev–Trinajstić information content (AvgIpc) is 2.97. The van der Waals surface area contributed by atoms with Crippen molar-refractivity contribution in [2.45, 2.75) is 69.9 Å². The molecule has 1 N–H and O–H groups in total. The first-order chi connectivity index (χ1) is 20.5. The third-order valence-corrected chi connectivity index (χ3v) is 7.16. The van der Waals surface area contributed by atoms with E-state index in [0.29, 0.717) is 16.7 Å². The van der Waals surface area contributed by atoms with Gasteiger partial charge in [-0.15, -0.1) is 0 Å². The highest BCUT2D eigenvalue weighted by atomic mass is 16.7. The quantitative estimate of drug-likeness (QED) is 0.224. The van der Waals surface area contributed by atoms with Crippen LogP contribution in [0.3, 0.4) is 0 Å². The molecule has 6 unspecified atom stereocenters. The Hall–Kier alpha value is -4.54. The van der Waals surface area contributed by atoms with Crippen LogP contribution in [0.2, 0.25) is 0 Å². The number of aliphatic hydroxyl groups is 1. The lowest BCUT2D eigenvalue weighted by atomic mass is 9.63. The summed E-state index contributed by atoms with van der Waals surface area (Å²) in [6.45, 7) is 4.51. The lowest BCUT2D eigenvalue weighted by Gasteiger charge is -2.49. The fourth-order valence-corrected chi connectivity index (χ4v) is 5.68. The van der Waals surface area contributed by atoms with Crippen LogP contribution >= 0.6 is 0 Å². The molecule has 0 bridgehead atoms. The summed E-state index contributed by atoms with van der Waals surface area (Å²) in [4.78, 5) is 49.1. The third kappa shape index (κ3) is 6.76. The molecule has 1 saturated heterocycles. The number of carbonyl (C=O) groups is 4. The molecule has 10 nitrogen and oxygen atoms in total. The SMILES string of the molecule is CC(=O)OC1OC(C(O)C(c2ccccc2)(c2ccccc2)c2ccccc2)C(OC(C)=O)C(OC(C)=O)C1OC(C)=O. The monoisotopic (exact) mass is 590 g/mol.